The highest BCUT2D eigenvalue weighted by atomic mass is 35.5. The molecule has 1 aliphatic heterocycles. The molecule has 7 heteroatoms. The van der Waals surface area contributed by atoms with Gasteiger partial charge in [-0.05, 0) is 42.1 Å². The average molecular weight is 363 g/mol. The maximum Gasteiger partial charge on any atom is 0.266 e. The predicted molar refractivity (Wildman–Crippen MR) is 97.4 cm³/mol. The molecule has 0 N–H and O–H groups in total. The largest absolute Gasteiger partial charge is 0.496 e. The van der Waals surface area contributed by atoms with Crippen LogP contribution in [-0.4, -0.2) is 37.2 Å². The van der Waals surface area contributed by atoms with E-state index in [1.165, 1.54) is 16.7 Å². The van der Waals surface area contributed by atoms with Crippen molar-refractivity contribution in [3.63, 3.8) is 0 Å². The minimum Gasteiger partial charge on any atom is -0.496 e. The van der Waals surface area contributed by atoms with Crippen LogP contribution in [0, 0.1) is 0 Å². The van der Waals surface area contributed by atoms with Gasteiger partial charge in [0.15, 0.2) is 5.17 Å². The number of aliphatic imine (C=N–C) groups is 1. The van der Waals surface area contributed by atoms with E-state index in [0.29, 0.717) is 32.4 Å². The number of carbonyl (C=O) groups excluding carboxylic acids is 1. The van der Waals surface area contributed by atoms with E-state index >= 15 is 0 Å². The first kappa shape index (κ1) is 16.7. The molecule has 0 spiro atoms. The van der Waals surface area contributed by atoms with E-state index < -0.39 is 0 Å². The van der Waals surface area contributed by atoms with E-state index in [1.54, 1.807) is 51.5 Å². The van der Waals surface area contributed by atoms with E-state index in [1.807, 2.05) is 6.07 Å². The Morgan fingerprint density at radius 1 is 1.33 bits per heavy atom. The summed E-state index contributed by atoms with van der Waals surface area (Å²) in [4.78, 5) is 18.3. The summed E-state index contributed by atoms with van der Waals surface area (Å²) in [5.74, 6) is 1.77. The summed E-state index contributed by atoms with van der Waals surface area (Å²) in [5.41, 5.74) is 0.757. The molecular weight excluding hydrogens is 348 g/mol. The van der Waals surface area contributed by atoms with Crippen molar-refractivity contribution in [1.29, 1.82) is 0 Å². The number of methoxy groups -OCH3 is 1. The lowest BCUT2D eigenvalue weighted by molar-refractivity contribution is -0.121. The molecule has 0 unspecified atom stereocenters. The topological polar surface area (TPSA) is 55.0 Å². The molecule has 2 heterocycles. The highest BCUT2D eigenvalue weighted by Crippen LogP contribution is 2.35. The molecule has 124 valence electrons. The Hall–Kier alpha value is -2.18. The van der Waals surface area contributed by atoms with Crippen molar-refractivity contribution in [2.75, 3.05) is 21.2 Å². The van der Waals surface area contributed by atoms with Gasteiger partial charge < -0.3 is 9.15 Å². The van der Waals surface area contributed by atoms with Crippen molar-refractivity contribution in [3.8, 4) is 17.1 Å². The number of thioether (sulfide) groups is 1. The lowest BCUT2D eigenvalue weighted by atomic mass is 10.1. The minimum absolute atomic E-state index is 0.0983. The second kappa shape index (κ2) is 6.75. The van der Waals surface area contributed by atoms with Gasteiger partial charge in [0.25, 0.3) is 5.91 Å². The number of likely N-dealkylation sites (N-methyl/N-ethyl adjacent to an activating group) is 1. The Balaban J connectivity index is 1.94. The molecule has 0 bridgehead atoms. The third kappa shape index (κ3) is 3.07. The van der Waals surface area contributed by atoms with Crippen molar-refractivity contribution in [2.24, 2.45) is 4.99 Å². The molecule has 0 aliphatic carbocycles. The maximum absolute atomic E-state index is 12.2. The summed E-state index contributed by atoms with van der Waals surface area (Å²) in [5, 5.41) is 1.25. The number of amidine groups is 1. The van der Waals surface area contributed by atoms with Crippen molar-refractivity contribution < 1.29 is 13.9 Å². The number of halogens is 1. The molecule has 0 atom stereocenters. The highest BCUT2D eigenvalue weighted by molar-refractivity contribution is 8.18. The third-order valence-corrected chi connectivity index (χ3v) is 4.91. The average Bonchev–Trinajstić information content (AvgIpc) is 3.15. The van der Waals surface area contributed by atoms with E-state index in [9.17, 15) is 4.79 Å². The smallest absolute Gasteiger partial charge is 0.266 e. The molecule has 1 amide bonds. The van der Waals surface area contributed by atoms with E-state index in [2.05, 4.69) is 4.99 Å². The Labute approximate surface area is 148 Å². The fraction of sp³-hybridized carbons (Fsp3) is 0.176. The number of benzene rings is 1. The van der Waals surface area contributed by atoms with Crippen molar-refractivity contribution in [2.45, 2.75) is 0 Å². The molecule has 0 saturated carbocycles. The van der Waals surface area contributed by atoms with Gasteiger partial charge in [0, 0.05) is 25.2 Å². The number of carbonyl (C=O) groups is 1. The molecule has 1 aliphatic rings. The van der Waals surface area contributed by atoms with Crippen molar-refractivity contribution in [1.82, 2.24) is 4.90 Å². The SMILES string of the molecule is CN=C1S/C(=C\c2ccc(-c3cc(Cl)ccc3OC)o2)C(=O)N1C. The summed E-state index contributed by atoms with van der Waals surface area (Å²) in [6, 6.07) is 8.95. The second-order valence-electron chi connectivity index (χ2n) is 5.03. The number of hydrogen-bond donors (Lipinski definition) is 0. The van der Waals surface area contributed by atoms with Gasteiger partial charge in [-0.3, -0.25) is 14.7 Å². The maximum atomic E-state index is 12.2. The molecule has 1 saturated heterocycles. The van der Waals surface area contributed by atoms with Gasteiger partial charge in [-0.1, -0.05) is 11.6 Å². The molecule has 24 heavy (non-hydrogen) atoms. The predicted octanol–water partition coefficient (Wildman–Crippen LogP) is 4.14. The molecule has 1 aromatic heterocycles. The van der Waals surface area contributed by atoms with Gasteiger partial charge in [0.2, 0.25) is 0 Å². The number of ether oxygens (including phenoxy) is 1. The van der Waals surface area contributed by atoms with Crippen LogP contribution in [0.5, 0.6) is 5.75 Å². The molecule has 1 fully saturated rings. The first-order chi connectivity index (χ1) is 11.5. The molecule has 0 radical (unpaired) electrons. The summed E-state index contributed by atoms with van der Waals surface area (Å²) in [7, 11) is 4.95. The van der Waals surface area contributed by atoms with Crippen LogP contribution in [0.2, 0.25) is 5.02 Å². The monoisotopic (exact) mass is 362 g/mol. The van der Waals surface area contributed by atoms with Crippen LogP contribution >= 0.6 is 23.4 Å². The Morgan fingerprint density at radius 3 is 2.79 bits per heavy atom. The summed E-state index contributed by atoms with van der Waals surface area (Å²) in [6.45, 7) is 0. The highest BCUT2D eigenvalue weighted by Gasteiger charge is 2.30. The van der Waals surface area contributed by atoms with Gasteiger partial charge in [-0.2, -0.15) is 0 Å². The molecule has 1 aromatic carbocycles. The lowest BCUT2D eigenvalue weighted by Gasteiger charge is -2.06. The van der Waals surface area contributed by atoms with E-state index in [-0.39, 0.29) is 5.91 Å². The van der Waals surface area contributed by atoms with E-state index in [0.717, 1.165) is 5.56 Å². The van der Waals surface area contributed by atoms with Crippen LogP contribution < -0.4 is 4.74 Å². The number of rotatable bonds is 3. The number of hydrogen-bond acceptors (Lipinski definition) is 5. The van der Waals surface area contributed by atoms with Crippen LogP contribution in [0.1, 0.15) is 5.76 Å². The van der Waals surface area contributed by atoms with Crippen LogP contribution in [0.15, 0.2) is 44.6 Å². The van der Waals surface area contributed by atoms with Gasteiger partial charge in [0.1, 0.15) is 17.3 Å². The fourth-order valence-corrected chi connectivity index (χ4v) is 3.41. The van der Waals surface area contributed by atoms with Gasteiger partial charge in [0.05, 0.1) is 17.6 Å². The Morgan fingerprint density at radius 2 is 2.12 bits per heavy atom. The zero-order valence-corrected chi connectivity index (χ0v) is 14.9. The quantitative estimate of drug-likeness (QED) is 0.770. The van der Waals surface area contributed by atoms with E-state index in [4.69, 9.17) is 20.8 Å². The van der Waals surface area contributed by atoms with Crippen molar-refractivity contribution in [3.05, 3.63) is 46.0 Å². The summed E-state index contributed by atoms with van der Waals surface area (Å²) in [6.07, 6.45) is 1.71. The molecular formula is C17H15ClN2O3S. The first-order valence-corrected chi connectivity index (χ1v) is 8.31. The van der Waals surface area contributed by atoms with Crippen LogP contribution in [0.4, 0.5) is 0 Å². The number of furan rings is 1. The first-order valence-electron chi connectivity index (χ1n) is 7.11. The van der Waals surface area contributed by atoms with Gasteiger partial charge in [-0.15, -0.1) is 0 Å². The van der Waals surface area contributed by atoms with Gasteiger partial charge in [-0.25, -0.2) is 0 Å². The van der Waals surface area contributed by atoms with Gasteiger partial charge >= 0.3 is 0 Å². The Kier molecular flexibility index (Phi) is 4.69. The molecule has 2 aromatic rings. The minimum atomic E-state index is -0.0983. The zero-order chi connectivity index (χ0) is 17.3. The number of amides is 1. The van der Waals surface area contributed by atoms with Crippen molar-refractivity contribution >= 4 is 40.5 Å². The second-order valence-corrected chi connectivity index (χ2v) is 6.47. The van der Waals surface area contributed by atoms with Crippen LogP contribution in [0.3, 0.4) is 0 Å². The van der Waals surface area contributed by atoms with Crippen LogP contribution in [0.25, 0.3) is 17.4 Å². The fourth-order valence-electron chi connectivity index (χ4n) is 2.33. The molecule has 3 rings (SSSR count). The summed E-state index contributed by atoms with van der Waals surface area (Å²) >= 11 is 7.38. The third-order valence-electron chi connectivity index (χ3n) is 3.52. The normalized spacial score (nSPS) is 18.0. The standard InChI is InChI=1S/C17H15ClN2O3S/c1-19-17-20(2)16(21)15(24-17)9-11-5-7-14(23-11)12-8-10(18)4-6-13(12)22-3/h4-9H,1-3H3/b15-9-,19-17?. The zero-order valence-electron chi connectivity index (χ0n) is 13.4. The molecule has 5 nitrogen and oxygen atoms in total. The summed E-state index contributed by atoms with van der Waals surface area (Å²) < 4.78 is 11.2. The Bertz CT molecular complexity index is 857. The lowest BCUT2D eigenvalue weighted by Crippen LogP contribution is -2.23. The number of nitrogens with zero attached hydrogens (tertiary/aromatic N) is 2. The van der Waals surface area contributed by atoms with Crippen LogP contribution in [-0.2, 0) is 4.79 Å².